The summed E-state index contributed by atoms with van der Waals surface area (Å²) in [6.07, 6.45) is 1.67. The van der Waals surface area contributed by atoms with Crippen LogP contribution < -0.4 is 20.7 Å². The van der Waals surface area contributed by atoms with Gasteiger partial charge in [-0.2, -0.15) is 0 Å². The van der Waals surface area contributed by atoms with Gasteiger partial charge < -0.3 is 9.47 Å². The second kappa shape index (κ2) is 4.87. The lowest BCUT2D eigenvalue weighted by Crippen LogP contribution is -2.31. The Labute approximate surface area is 110 Å². The van der Waals surface area contributed by atoms with Gasteiger partial charge in [0.2, 0.25) is 0 Å². The largest absolute Gasteiger partial charge is 0.486 e. The fourth-order valence-electron chi connectivity index (χ4n) is 2.22. The molecule has 7 heteroatoms. The van der Waals surface area contributed by atoms with Crippen molar-refractivity contribution in [1.29, 1.82) is 0 Å². The lowest BCUT2D eigenvalue weighted by atomic mass is 10.0. The summed E-state index contributed by atoms with van der Waals surface area (Å²) in [7, 11) is 1.82. The Morgan fingerprint density at radius 3 is 2.95 bits per heavy atom. The molecule has 1 aliphatic heterocycles. The zero-order chi connectivity index (χ0) is 13.2. The smallest absolute Gasteiger partial charge is 0.166 e. The third-order valence-corrected chi connectivity index (χ3v) is 3.12. The van der Waals surface area contributed by atoms with Gasteiger partial charge in [0.25, 0.3) is 0 Å². The van der Waals surface area contributed by atoms with E-state index in [2.05, 4.69) is 15.7 Å². The van der Waals surface area contributed by atoms with Gasteiger partial charge in [0.15, 0.2) is 11.5 Å². The number of aromatic nitrogens is 3. The average molecular weight is 261 g/mol. The molecule has 1 aromatic carbocycles. The quantitative estimate of drug-likeness (QED) is 0.603. The molecule has 0 bridgehead atoms. The lowest BCUT2D eigenvalue weighted by Gasteiger charge is -2.24. The number of nitrogens with zero attached hydrogens (tertiary/aromatic N) is 3. The number of benzene rings is 1. The van der Waals surface area contributed by atoms with Crippen molar-refractivity contribution in [2.45, 2.75) is 6.04 Å². The number of ether oxygens (including phenoxy) is 2. The van der Waals surface area contributed by atoms with Crippen LogP contribution in [-0.4, -0.2) is 28.2 Å². The van der Waals surface area contributed by atoms with E-state index in [9.17, 15) is 0 Å². The second-order valence-electron chi connectivity index (χ2n) is 4.25. The molecule has 0 saturated heterocycles. The number of hydrogen-bond acceptors (Lipinski definition) is 6. The molecule has 0 fully saturated rings. The van der Waals surface area contributed by atoms with E-state index in [-0.39, 0.29) is 6.04 Å². The summed E-state index contributed by atoms with van der Waals surface area (Å²) in [5.41, 5.74) is 4.53. The minimum absolute atomic E-state index is 0.253. The first-order valence-electron chi connectivity index (χ1n) is 6.00. The minimum Gasteiger partial charge on any atom is -0.486 e. The fraction of sp³-hybridized carbons (Fsp3) is 0.333. The first kappa shape index (κ1) is 11.9. The van der Waals surface area contributed by atoms with Crippen LogP contribution in [0.5, 0.6) is 11.5 Å². The van der Waals surface area contributed by atoms with Crippen molar-refractivity contribution in [1.82, 2.24) is 20.4 Å². The van der Waals surface area contributed by atoms with Crippen LogP contribution in [0.1, 0.15) is 17.3 Å². The van der Waals surface area contributed by atoms with Crippen molar-refractivity contribution >= 4 is 0 Å². The predicted molar refractivity (Wildman–Crippen MR) is 67.6 cm³/mol. The van der Waals surface area contributed by atoms with E-state index in [4.69, 9.17) is 15.3 Å². The summed E-state index contributed by atoms with van der Waals surface area (Å²) in [4.78, 5) is 0. The van der Waals surface area contributed by atoms with E-state index in [1.54, 1.807) is 10.9 Å². The summed E-state index contributed by atoms with van der Waals surface area (Å²) >= 11 is 0. The van der Waals surface area contributed by atoms with Gasteiger partial charge >= 0.3 is 0 Å². The highest BCUT2D eigenvalue weighted by atomic mass is 16.6. The van der Waals surface area contributed by atoms with Gasteiger partial charge in [-0.25, -0.2) is 5.43 Å². The van der Waals surface area contributed by atoms with Gasteiger partial charge in [-0.3, -0.25) is 10.5 Å². The first-order chi connectivity index (χ1) is 9.31. The summed E-state index contributed by atoms with van der Waals surface area (Å²) in [6, 6.07) is 5.49. The highest BCUT2D eigenvalue weighted by Crippen LogP contribution is 2.38. The van der Waals surface area contributed by atoms with Crippen LogP contribution in [-0.2, 0) is 7.05 Å². The fourth-order valence-corrected chi connectivity index (χ4v) is 2.22. The first-order valence-corrected chi connectivity index (χ1v) is 6.00. The third kappa shape index (κ3) is 2.02. The van der Waals surface area contributed by atoms with Gasteiger partial charge in [0.05, 0.1) is 17.9 Å². The van der Waals surface area contributed by atoms with Crippen LogP contribution in [0.4, 0.5) is 0 Å². The van der Waals surface area contributed by atoms with Gasteiger partial charge in [-0.05, 0) is 6.07 Å². The highest BCUT2D eigenvalue weighted by molar-refractivity contribution is 5.50. The summed E-state index contributed by atoms with van der Waals surface area (Å²) in [6.45, 7) is 1.09. The Bertz CT molecular complexity index is 583. The van der Waals surface area contributed by atoms with Crippen LogP contribution in [0.2, 0.25) is 0 Å². The molecule has 0 saturated carbocycles. The molecule has 0 radical (unpaired) electrons. The Morgan fingerprint density at radius 1 is 1.37 bits per heavy atom. The summed E-state index contributed by atoms with van der Waals surface area (Å²) in [5.74, 6) is 7.14. The molecule has 1 aromatic heterocycles. The molecule has 2 heterocycles. The molecule has 3 rings (SSSR count). The number of para-hydroxylation sites is 1. The van der Waals surface area contributed by atoms with Gasteiger partial charge in [0, 0.05) is 12.6 Å². The number of aryl methyl sites for hydroxylation is 1. The van der Waals surface area contributed by atoms with E-state index in [0.717, 1.165) is 22.8 Å². The van der Waals surface area contributed by atoms with Crippen molar-refractivity contribution < 1.29 is 9.47 Å². The van der Waals surface area contributed by atoms with E-state index in [0.29, 0.717) is 13.2 Å². The van der Waals surface area contributed by atoms with Crippen LogP contribution in [0.3, 0.4) is 0 Å². The number of nitrogens with one attached hydrogen (secondary N) is 1. The van der Waals surface area contributed by atoms with Gasteiger partial charge in [-0.15, -0.1) is 5.10 Å². The summed E-state index contributed by atoms with van der Waals surface area (Å²) < 4.78 is 13.0. The zero-order valence-electron chi connectivity index (χ0n) is 10.5. The Morgan fingerprint density at radius 2 is 2.21 bits per heavy atom. The standard InChI is InChI=1S/C12H15N5O2/c1-17-9(7-14-16-17)11(15-13)8-3-2-4-10-12(8)19-6-5-18-10/h2-4,7,11,15H,5-6,13H2,1H3. The molecule has 0 spiro atoms. The van der Waals surface area contributed by atoms with E-state index >= 15 is 0 Å². The monoisotopic (exact) mass is 261 g/mol. The normalized spacial score (nSPS) is 15.3. The predicted octanol–water partition coefficient (Wildman–Crippen LogP) is 0.139. The Kier molecular flexibility index (Phi) is 3.06. The molecule has 7 nitrogen and oxygen atoms in total. The SMILES string of the molecule is Cn1nncc1C(NN)c1cccc2c1OCCO2. The van der Waals surface area contributed by atoms with E-state index in [1.165, 1.54) is 0 Å². The Balaban J connectivity index is 2.07. The Hall–Kier alpha value is -2.12. The number of nitrogens with two attached hydrogens (primary N) is 1. The number of hydrogen-bond donors (Lipinski definition) is 2. The molecule has 1 aliphatic rings. The zero-order valence-corrected chi connectivity index (χ0v) is 10.5. The number of fused-ring (bicyclic) bond motifs is 1. The van der Waals surface area contributed by atoms with E-state index < -0.39 is 0 Å². The van der Waals surface area contributed by atoms with Crippen molar-refractivity contribution in [3.8, 4) is 11.5 Å². The second-order valence-corrected chi connectivity index (χ2v) is 4.25. The topological polar surface area (TPSA) is 87.2 Å². The molecule has 100 valence electrons. The molecule has 1 atom stereocenters. The van der Waals surface area contributed by atoms with Crippen molar-refractivity contribution in [2.75, 3.05) is 13.2 Å². The molecular formula is C12H15N5O2. The van der Waals surface area contributed by atoms with Crippen molar-refractivity contribution in [2.24, 2.45) is 12.9 Å². The van der Waals surface area contributed by atoms with Crippen LogP contribution >= 0.6 is 0 Å². The highest BCUT2D eigenvalue weighted by Gasteiger charge is 2.24. The molecule has 0 aliphatic carbocycles. The van der Waals surface area contributed by atoms with Crippen molar-refractivity contribution in [3.63, 3.8) is 0 Å². The lowest BCUT2D eigenvalue weighted by molar-refractivity contribution is 0.169. The maximum absolute atomic E-state index is 5.70. The van der Waals surface area contributed by atoms with Crippen LogP contribution in [0.15, 0.2) is 24.4 Å². The number of hydrazine groups is 1. The van der Waals surface area contributed by atoms with E-state index in [1.807, 2.05) is 25.2 Å². The molecule has 3 N–H and O–H groups in total. The number of rotatable bonds is 3. The molecular weight excluding hydrogens is 246 g/mol. The average Bonchev–Trinajstić information content (AvgIpc) is 2.86. The maximum atomic E-state index is 5.70. The van der Waals surface area contributed by atoms with Gasteiger partial charge in [-0.1, -0.05) is 17.3 Å². The molecule has 2 aromatic rings. The van der Waals surface area contributed by atoms with Crippen molar-refractivity contribution in [3.05, 3.63) is 35.7 Å². The molecule has 19 heavy (non-hydrogen) atoms. The maximum Gasteiger partial charge on any atom is 0.166 e. The third-order valence-electron chi connectivity index (χ3n) is 3.12. The molecule has 0 amide bonds. The van der Waals surface area contributed by atoms with Crippen LogP contribution in [0, 0.1) is 0 Å². The van der Waals surface area contributed by atoms with Crippen LogP contribution in [0.25, 0.3) is 0 Å². The molecule has 1 unspecified atom stereocenters. The summed E-state index contributed by atoms with van der Waals surface area (Å²) in [5, 5.41) is 7.80. The minimum atomic E-state index is -0.253. The van der Waals surface area contributed by atoms with Gasteiger partial charge in [0.1, 0.15) is 13.2 Å².